The quantitative estimate of drug-likeness (QED) is 0.344. The van der Waals surface area contributed by atoms with Crippen molar-refractivity contribution < 1.29 is 19.2 Å². The van der Waals surface area contributed by atoms with Crippen molar-refractivity contribution >= 4 is 23.1 Å². The summed E-state index contributed by atoms with van der Waals surface area (Å²) in [5.41, 5.74) is 0.326. The van der Waals surface area contributed by atoms with Crippen LogP contribution >= 0.6 is 0 Å². The van der Waals surface area contributed by atoms with Crippen LogP contribution in [0.1, 0.15) is 16.8 Å². The number of ether oxygens (including phenoxy) is 1. The summed E-state index contributed by atoms with van der Waals surface area (Å²) in [5, 5.41) is 10.7. The van der Waals surface area contributed by atoms with Crippen LogP contribution in [0.25, 0.3) is 0 Å². The summed E-state index contributed by atoms with van der Waals surface area (Å²) in [4.78, 5) is 35.0. The van der Waals surface area contributed by atoms with E-state index in [9.17, 15) is 19.7 Å². The minimum atomic E-state index is -0.698. The Balaban J connectivity index is 2.30. The zero-order valence-electron chi connectivity index (χ0n) is 10.3. The van der Waals surface area contributed by atoms with E-state index in [0.29, 0.717) is 25.3 Å². The molecule has 7 heteroatoms. The highest BCUT2D eigenvalue weighted by Gasteiger charge is 2.36. The normalized spacial score (nSPS) is 13.8. The second-order valence-corrected chi connectivity index (χ2v) is 4.09. The molecular formula is C12H12N2O5. The van der Waals surface area contributed by atoms with E-state index in [1.165, 1.54) is 17.0 Å². The third-order valence-electron chi connectivity index (χ3n) is 2.90. The van der Waals surface area contributed by atoms with Crippen molar-refractivity contribution in [3.63, 3.8) is 0 Å². The molecule has 0 saturated heterocycles. The van der Waals surface area contributed by atoms with E-state index in [1.807, 2.05) is 0 Å². The number of nitro benzene ring substituents is 1. The van der Waals surface area contributed by atoms with E-state index < -0.39 is 16.6 Å². The Morgan fingerprint density at radius 2 is 2.11 bits per heavy atom. The molecular weight excluding hydrogens is 252 g/mol. The van der Waals surface area contributed by atoms with Gasteiger partial charge in [-0.15, -0.1) is 0 Å². The van der Waals surface area contributed by atoms with Gasteiger partial charge >= 0.3 is 0 Å². The summed E-state index contributed by atoms with van der Waals surface area (Å²) in [5.74, 6) is -1.34. The molecule has 1 aromatic rings. The maximum absolute atomic E-state index is 11.8. The molecule has 0 aromatic heterocycles. The summed E-state index contributed by atoms with van der Waals surface area (Å²) in [7, 11) is 1.55. The van der Waals surface area contributed by atoms with E-state index in [4.69, 9.17) is 4.74 Å². The van der Waals surface area contributed by atoms with E-state index in [0.717, 1.165) is 6.07 Å². The van der Waals surface area contributed by atoms with E-state index in [-0.39, 0.29) is 11.3 Å². The first-order valence-electron chi connectivity index (χ1n) is 5.70. The fraction of sp³-hybridized carbons (Fsp3) is 0.333. The number of anilines is 1. The molecule has 0 spiro atoms. The summed E-state index contributed by atoms with van der Waals surface area (Å²) in [6.07, 6.45) is 0.589. The lowest BCUT2D eigenvalue weighted by molar-refractivity contribution is -0.384. The molecule has 1 amide bonds. The first-order chi connectivity index (χ1) is 9.06. The average molecular weight is 264 g/mol. The molecule has 1 aliphatic rings. The van der Waals surface area contributed by atoms with Gasteiger partial charge in [-0.1, -0.05) is 0 Å². The number of hydrogen-bond acceptors (Lipinski definition) is 5. The number of carbonyl (C=O) groups is 2. The first-order valence-corrected chi connectivity index (χ1v) is 5.70. The predicted molar refractivity (Wildman–Crippen MR) is 66.3 cm³/mol. The van der Waals surface area contributed by atoms with Crippen LogP contribution in [0.15, 0.2) is 18.2 Å². The molecule has 0 bridgehead atoms. The second kappa shape index (κ2) is 5.15. The molecule has 0 unspecified atom stereocenters. The largest absolute Gasteiger partial charge is 0.385 e. The van der Waals surface area contributed by atoms with Gasteiger partial charge in [-0.3, -0.25) is 19.7 Å². The van der Waals surface area contributed by atoms with Crippen LogP contribution in [0.5, 0.6) is 0 Å². The van der Waals surface area contributed by atoms with Crippen molar-refractivity contribution in [1.29, 1.82) is 0 Å². The third-order valence-corrected chi connectivity index (χ3v) is 2.90. The van der Waals surface area contributed by atoms with Crippen molar-refractivity contribution in [2.75, 3.05) is 25.2 Å². The zero-order valence-corrected chi connectivity index (χ0v) is 10.3. The fourth-order valence-electron chi connectivity index (χ4n) is 1.99. The van der Waals surface area contributed by atoms with Crippen LogP contribution in [0.2, 0.25) is 0 Å². The Kier molecular flexibility index (Phi) is 3.57. The van der Waals surface area contributed by atoms with Crippen molar-refractivity contribution in [2.24, 2.45) is 0 Å². The zero-order chi connectivity index (χ0) is 14.0. The number of methoxy groups -OCH3 is 1. The van der Waals surface area contributed by atoms with Crippen molar-refractivity contribution in [3.8, 4) is 0 Å². The number of carbonyl (C=O) groups excluding carboxylic acids is 2. The van der Waals surface area contributed by atoms with Crippen LogP contribution in [0, 0.1) is 10.1 Å². The van der Waals surface area contributed by atoms with Gasteiger partial charge in [0.15, 0.2) is 0 Å². The van der Waals surface area contributed by atoms with Gasteiger partial charge in [0.2, 0.25) is 0 Å². The monoisotopic (exact) mass is 264 g/mol. The molecule has 2 rings (SSSR count). The molecule has 0 atom stereocenters. The minimum absolute atomic E-state index is 0.0941. The second-order valence-electron chi connectivity index (χ2n) is 4.09. The first kappa shape index (κ1) is 13.2. The molecule has 1 aromatic carbocycles. The van der Waals surface area contributed by atoms with E-state index >= 15 is 0 Å². The van der Waals surface area contributed by atoms with Crippen LogP contribution in [0.4, 0.5) is 11.4 Å². The standard InChI is InChI=1S/C12H12N2O5/c1-19-6-2-5-13-10-4-3-8(14(17)18)7-9(10)11(15)12(13)16/h3-4,7H,2,5-6H2,1H3. The summed E-state index contributed by atoms with van der Waals surface area (Å²) in [6.45, 7) is 0.823. The SMILES string of the molecule is COCCCN1C(=O)C(=O)c2cc([N+](=O)[O-])ccc21. The Labute approximate surface area is 108 Å². The minimum Gasteiger partial charge on any atom is -0.385 e. The molecule has 0 radical (unpaired) electrons. The molecule has 0 N–H and O–H groups in total. The number of non-ortho nitro benzene ring substituents is 1. The predicted octanol–water partition coefficient (Wildman–Crippen LogP) is 1.16. The summed E-state index contributed by atoms with van der Waals surface area (Å²) >= 11 is 0. The van der Waals surface area contributed by atoms with Crippen LogP contribution in [-0.2, 0) is 9.53 Å². The molecule has 100 valence electrons. The molecule has 0 aliphatic carbocycles. The molecule has 19 heavy (non-hydrogen) atoms. The number of benzene rings is 1. The fourth-order valence-corrected chi connectivity index (χ4v) is 1.99. The Morgan fingerprint density at radius 1 is 1.37 bits per heavy atom. The highest BCUT2D eigenvalue weighted by atomic mass is 16.6. The topological polar surface area (TPSA) is 89.8 Å². The number of nitrogens with zero attached hydrogens (tertiary/aromatic N) is 2. The highest BCUT2D eigenvalue weighted by Crippen LogP contribution is 2.31. The lowest BCUT2D eigenvalue weighted by Crippen LogP contribution is -2.31. The lowest BCUT2D eigenvalue weighted by Gasteiger charge is -2.15. The van der Waals surface area contributed by atoms with E-state index in [1.54, 1.807) is 7.11 Å². The van der Waals surface area contributed by atoms with Gasteiger partial charge in [-0.05, 0) is 12.5 Å². The van der Waals surface area contributed by atoms with Gasteiger partial charge in [-0.2, -0.15) is 0 Å². The third kappa shape index (κ3) is 2.32. The Bertz CT molecular complexity index is 555. The van der Waals surface area contributed by atoms with Gasteiger partial charge in [0.05, 0.1) is 16.2 Å². The number of hydrogen-bond donors (Lipinski definition) is 0. The molecule has 1 heterocycles. The highest BCUT2D eigenvalue weighted by molar-refractivity contribution is 6.52. The number of nitro groups is 1. The summed E-state index contributed by atoms with van der Waals surface area (Å²) in [6, 6.07) is 3.86. The number of amides is 1. The van der Waals surface area contributed by atoms with Crippen molar-refractivity contribution in [2.45, 2.75) is 6.42 Å². The maximum atomic E-state index is 11.8. The molecule has 1 aliphatic heterocycles. The van der Waals surface area contributed by atoms with Crippen molar-refractivity contribution in [3.05, 3.63) is 33.9 Å². The molecule has 0 fully saturated rings. The van der Waals surface area contributed by atoms with E-state index in [2.05, 4.69) is 0 Å². The number of Topliss-reactive ketones (excluding diaryl/α,β-unsaturated/α-hetero) is 1. The van der Waals surface area contributed by atoms with Crippen LogP contribution in [0.3, 0.4) is 0 Å². The molecule has 7 nitrogen and oxygen atoms in total. The van der Waals surface area contributed by atoms with Crippen LogP contribution < -0.4 is 4.90 Å². The molecule has 0 saturated carbocycles. The Hall–Kier alpha value is -2.28. The van der Waals surface area contributed by atoms with Gasteiger partial charge in [-0.25, -0.2) is 0 Å². The van der Waals surface area contributed by atoms with Gasteiger partial charge in [0, 0.05) is 32.4 Å². The lowest BCUT2D eigenvalue weighted by atomic mass is 10.1. The summed E-state index contributed by atoms with van der Waals surface area (Å²) < 4.78 is 4.89. The smallest absolute Gasteiger partial charge is 0.299 e. The number of fused-ring (bicyclic) bond motifs is 1. The van der Waals surface area contributed by atoms with Gasteiger partial charge in [0.25, 0.3) is 17.4 Å². The van der Waals surface area contributed by atoms with Gasteiger partial charge < -0.3 is 9.64 Å². The maximum Gasteiger partial charge on any atom is 0.299 e. The Morgan fingerprint density at radius 3 is 2.74 bits per heavy atom. The number of rotatable bonds is 5. The number of ketones is 1. The van der Waals surface area contributed by atoms with Gasteiger partial charge in [0.1, 0.15) is 0 Å². The van der Waals surface area contributed by atoms with Crippen molar-refractivity contribution in [1.82, 2.24) is 0 Å². The average Bonchev–Trinajstić information content (AvgIpc) is 2.63. The van der Waals surface area contributed by atoms with Crippen LogP contribution in [-0.4, -0.2) is 36.9 Å².